The smallest absolute Gasteiger partial charge is 0.227 e. The van der Waals surface area contributed by atoms with Crippen LogP contribution in [0, 0.1) is 0 Å². The fraction of sp³-hybridized carbons (Fsp3) is 0.286. The maximum Gasteiger partial charge on any atom is 0.227 e. The molecule has 154 valence electrons. The van der Waals surface area contributed by atoms with Crippen molar-refractivity contribution in [3.8, 4) is 17.1 Å². The number of hydrogen-bond acceptors (Lipinski definition) is 5. The number of amides is 1. The van der Waals surface area contributed by atoms with Crippen LogP contribution in [0.2, 0.25) is 0 Å². The molecule has 4 N–H and O–H groups in total. The Morgan fingerprint density at radius 1 is 1.14 bits per heavy atom. The van der Waals surface area contributed by atoms with Gasteiger partial charge in [-0.15, -0.1) is 12.4 Å². The van der Waals surface area contributed by atoms with Crippen LogP contribution in [0.3, 0.4) is 0 Å². The molecular weight excluding hydrogens is 390 g/mol. The summed E-state index contributed by atoms with van der Waals surface area (Å²) in [5, 5.41) is 9.75. The highest BCUT2D eigenvalue weighted by molar-refractivity contribution is 5.91. The van der Waals surface area contributed by atoms with Crippen LogP contribution in [-0.4, -0.2) is 27.7 Å². The van der Waals surface area contributed by atoms with Gasteiger partial charge in [0.2, 0.25) is 5.91 Å². The van der Waals surface area contributed by atoms with E-state index in [-0.39, 0.29) is 24.7 Å². The van der Waals surface area contributed by atoms with Crippen molar-refractivity contribution in [3.63, 3.8) is 0 Å². The van der Waals surface area contributed by atoms with Crippen LogP contribution in [0.15, 0.2) is 48.5 Å². The Hall–Kier alpha value is -2.90. The lowest BCUT2D eigenvalue weighted by Gasteiger charge is -2.09. The number of nitrogens with two attached hydrogens (primary N) is 1. The van der Waals surface area contributed by atoms with Crippen LogP contribution < -0.4 is 15.8 Å². The topological polar surface area (TPSA) is 106 Å². The van der Waals surface area contributed by atoms with E-state index in [9.17, 15) is 4.79 Å². The summed E-state index contributed by atoms with van der Waals surface area (Å²) in [6.07, 6.45) is 0.272. The molecule has 8 heteroatoms. The van der Waals surface area contributed by atoms with Crippen molar-refractivity contribution in [1.82, 2.24) is 15.2 Å². The molecule has 0 fully saturated rings. The van der Waals surface area contributed by atoms with E-state index in [4.69, 9.17) is 10.5 Å². The van der Waals surface area contributed by atoms with E-state index in [0.29, 0.717) is 36.4 Å². The van der Waals surface area contributed by atoms with Crippen molar-refractivity contribution < 1.29 is 9.53 Å². The normalized spacial score (nSPS) is 10.5. The molecule has 0 radical (unpaired) electrons. The van der Waals surface area contributed by atoms with Gasteiger partial charge in [-0.05, 0) is 47.9 Å². The summed E-state index contributed by atoms with van der Waals surface area (Å²) in [5.41, 5.74) is 8.35. The Labute approximate surface area is 176 Å². The van der Waals surface area contributed by atoms with Crippen molar-refractivity contribution in [2.45, 2.75) is 32.7 Å². The van der Waals surface area contributed by atoms with Gasteiger partial charge in [0.05, 0.1) is 19.6 Å². The maximum atomic E-state index is 12.1. The Balaban J connectivity index is 0.00000300. The van der Waals surface area contributed by atoms with Crippen LogP contribution in [0.5, 0.6) is 5.75 Å². The number of H-pyrrole nitrogens is 1. The first-order valence-corrected chi connectivity index (χ1v) is 9.29. The number of hydrogen-bond donors (Lipinski definition) is 3. The standard InChI is InChI=1S/C21H25N5O2.ClH/c1-14(2)15-5-9-18(10-6-15)28-12-11-20(27)23-17-7-3-16(4-8-17)21-24-19(13-22)25-26-21;/h3-10,14H,11-13,22H2,1-2H3,(H,23,27)(H,24,25,26);1H. The molecule has 0 bridgehead atoms. The fourth-order valence-corrected chi connectivity index (χ4v) is 2.65. The van der Waals surface area contributed by atoms with E-state index in [1.807, 2.05) is 48.5 Å². The first-order chi connectivity index (χ1) is 13.5. The molecule has 29 heavy (non-hydrogen) atoms. The van der Waals surface area contributed by atoms with Crippen LogP contribution in [0.4, 0.5) is 5.69 Å². The minimum Gasteiger partial charge on any atom is -0.493 e. The number of aromatic amines is 1. The fourth-order valence-electron chi connectivity index (χ4n) is 2.65. The van der Waals surface area contributed by atoms with Gasteiger partial charge in [0.1, 0.15) is 11.6 Å². The van der Waals surface area contributed by atoms with Crippen molar-refractivity contribution in [3.05, 3.63) is 59.9 Å². The summed E-state index contributed by atoms with van der Waals surface area (Å²) in [6, 6.07) is 15.3. The highest BCUT2D eigenvalue weighted by Gasteiger charge is 2.07. The van der Waals surface area contributed by atoms with Crippen LogP contribution >= 0.6 is 12.4 Å². The number of benzene rings is 2. The average Bonchev–Trinajstić information content (AvgIpc) is 3.18. The molecule has 7 nitrogen and oxygen atoms in total. The largest absolute Gasteiger partial charge is 0.493 e. The first kappa shape index (κ1) is 22.4. The van der Waals surface area contributed by atoms with Gasteiger partial charge in [0.25, 0.3) is 0 Å². The third-order valence-electron chi connectivity index (χ3n) is 4.30. The molecule has 1 aromatic heterocycles. The second-order valence-corrected chi connectivity index (χ2v) is 6.76. The molecule has 0 saturated heterocycles. The number of rotatable bonds is 8. The van der Waals surface area contributed by atoms with E-state index < -0.39 is 0 Å². The second-order valence-electron chi connectivity index (χ2n) is 6.76. The third kappa shape index (κ3) is 6.30. The summed E-state index contributed by atoms with van der Waals surface area (Å²) < 4.78 is 5.65. The summed E-state index contributed by atoms with van der Waals surface area (Å²) in [7, 11) is 0. The van der Waals surface area contributed by atoms with Crippen LogP contribution in [0.25, 0.3) is 11.4 Å². The highest BCUT2D eigenvalue weighted by atomic mass is 35.5. The highest BCUT2D eigenvalue weighted by Crippen LogP contribution is 2.19. The van der Waals surface area contributed by atoms with E-state index in [2.05, 4.69) is 34.3 Å². The molecular formula is C21H26ClN5O2. The lowest BCUT2D eigenvalue weighted by atomic mass is 10.0. The predicted molar refractivity (Wildman–Crippen MR) is 116 cm³/mol. The summed E-state index contributed by atoms with van der Waals surface area (Å²) in [6.45, 7) is 4.93. The molecule has 0 atom stereocenters. The Bertz CT molecular complexity index is 908. The number of ether oxygens (including phenoxy) is 1. The van der Waals surface area contributed by atoms with Gasteiger partial charge in [0.15, 0.2) is 5.82 Å². The zero-order valence-electron chi connectivity index (χ0n) is 16.5. The number of halogens is 1. The van der Waals surface area contributed by atoms with Gasteiger partial charge in [-0.2, -0.15) is 5.10 Å². The van der Waals surface area contributed by atoms with Gasteiger partial charge >= 0.3 is 0 Å². The van der Waals surface area contributed by atoms with Crippen LogP contribution in [0.1, 0.15) is 37.6 Å². The molecule has 0 aliphatic carbocycles. The number of anilines is 1. The van der Waals surface area contributed by atoms with E-state index in [0.717, 1.165) is 11.3 Å². The number of carbonyl (C=O) groups excluding carboxylic acids is 1. The number of nitrogens with zero attached hydrogens (tertiary/aromatic N) is 2. The van der Waals surface area contributed by atoms with Crippen molar-refractivity contribution >= 4 is 24.0 Å². The molecule has 0 aliphatic rings. The molecule has 3 rings (SSSR count). The Kier molecular flexibility index (Phi) is 8.18. The van der Waals surface area contributed by atoms with Gasteiger partial charge < -0.3 is 15.8 Å². The molecule has 0 spiro atoms. The summed E-state index contributed by atoms with van der Waals surface area (Å²) in [4.78, 5) is 16.4. The summed E-state index contributed by atoms with van der Waals surface area (Å²) >= 11 is 0. The van der Waals surface area contributed by atoms with Gasteiger partial charge in [0, 0.05) is 11.3 Å². The molecule has 0 unspecified atom stereocenters. The second kappa shape index (κ2) is 10.6. The van der Waals surface area contributed by atoms with E-state index in [1.165, 1.54) is 5.56 Å². The van der Waals surface area contributed by atoms with Crippen molar-refractivity contribution in [2.24, 2.45) is 5.73 Å². The number of carbonyl (C=O) groups is 1. The Morgan fingerprint density at radius 2 is 1.83 bits per heavy atom. The predicted octanol–water partition coefficient (Wildman–Crippen LogP) is 3.88. The Morgan fingerprint density at radius 3 is 2.41 bits per heavy atom. The van der Waals surface area contributed by atoms with E-state index in [1.54, 1.807) is 0 Å². The minimum absolute atomic E-state index is 0. The molecule has 1 amide bonds. The zero-order valence-corrected chi connectivity index (χ0v) is 17.3. The minimum atomic E-state index is -0.102. The van der Waals surface area contributed by atoms with E-state index >= 15 is 0 Å². The van der Waals surface area contributed by atoms with Gasteiger partial charge in [-0.1, -0.05) is 26.0 Å². The average molecular weight is 416 g/mol. The molecule has 2 aromatic carbocycles. The molecule has 1 heterocycles. The molecule has 0 saturated carbocycles. The quantitative estimate of drug-likeness (QED) is 0.517. The lowest BCUT2D eigenvalue weighted by Crippen LogP contribution is -2.15. The molecule has 3 aromatic rings. The first-order valence-electron chi connectivity index (χ1n) is 9.29. The SMILES string of the molecule is CC(C)c1ccc(OCCC(=O)Nc2ccc(-c3n[nH]c(CN)n3)cc2)cc1.Cl. The van der Waals surface area contributed by atoms with Gasteiger partial charge in [-0.3, -0.25) is 9.89 Å². The van der Waals surface area contributed by atoms with Crippen molar-refractivity contribution in [2.75, 3.05) is 11.9 Å². The van der Waals surface area contributed by atoms with Crippen LogP contribution in [-0.2, 0) is 11.3 Å². The number of aromatic nitrogens is 3. The lowest BCUT2D eigenvalue weighted by molar-refractivity contribution is -0.116. The summed E-state index contributed by atoms with van der Waals surface area (Å²) in [5.74, 6) is 2.36. The van der Waals surface area contributed by atoms with Gasteiger partial charge in [-0.25, -0.2) is 4.98 Å². The number of nitrogens with one attached hydrogen (secondary N) is 2. The maximum absolute atomic E-state index is 12.1. The monoisotopic (exact) mass is 415 g/mol. The zero-order chi connectivity index (χ0) is 19.9. The van der Waals surface area contributed by atoms with Crippen molar-refractivity contribution in [1.29, 1.82) is 0 Å². The third-order valence-corrected chi connectivity index (χ3v) is 4.30. The molecule has 0 aliphatic heterocycles.